The lowest BCUT2D eigenvalue weighted by molar-refractivity contribution is -0.132. The molecule has 0 fully saturated rings. The molecule has 1 N–H and O–H groups in total. The summed E-state index contributed by atoms with van der Waals surface area (Å²) in [5.41, 5.74) is 2.30. The summed E-state index contributed by atoms with van der Waals surface area (Å²) in [6.07, 6.45) is 4.99. The molecule has 4 rings (SSSR count). The van der Waals surface area contributed by atoms with Crippen LogP contribution >= 0.6 is 0 Å². The van der Waals surface area contributed by atoms with Gasteiger partial charge in [-0.25, -0.2) is 14.8 Å². The van der Waals surface area contributed by atoms with Crippen molar-refractivity contribution in [1.82, 2.24) is 29.4 Å². The molecular weight excluding hydrogens is 368 g/mol. The summed E-state index contributed by atoms with van der Waals surface area (Å²) in [7, 11) is 0. The van der Waals surface area contributed by atoms with E-state index in [0.29, 0.717) is 30.1 Å². The lowest BCUT2D eigenvalue weighted by Crippen LogP contribution is -2.35. The van der Waals surface area contributed by atoms with Gasteiger partial charge in [-0.2, -0.15) is 0 Å². The Labute approximate surface area is 166 Å². The Morgan fingerprint density at radius 3 is 2.69 bits per heavy atom. The largest absolute Gasteiger partial charge is 0.337 e. The fraction of sp³-hybridized carbons (Fsp3) is 0.190. The molecular formula is C21H20N6O2. The Balaban J connectivity index is 1.63. The van der Waals surface area contributed by atoms with Gasteiger partial charge in [-0.1, -0.05) is 36.4 Å². The minimum atomic E-state index is -0.384. The van der Waals surface area contributed by atoms with E-state index in [1.807, 2.05) is 49.4 Å². The van der Waals surface area contributed by atoms with Gasteiger partial charge < -0.3 is 9.88 Å². The van der Waals surface area contributed by atoms with Crippen molar-refractivity contribution >= 4 is 17.1 Å². The molecule has 146 valence electrons. The van der Waals surface area contributed by atoms with Crippen molar-refractivity contribution in [2.24, 2.45) is 0 Å². The van der Waals surface area contributed by atoms with E-state index in [0.717, 1.165) is 11.1 Å². The van der Waals surface area contributed by atoms with Crippen molar-refractivity contribution in [2.75, 3.05) is 6.54 Å². The lowest BCUT2D eigenvalue weighted by Gasteiger charge is -2.21. The lowest BCUT2D eigenvalue weighted by atomic mass is 10.2. The molecule has 8 heteroatoms. The number of aromatic nitrogens is 5. The molecule has 0 radical (unpaired) electrons. The maximum Gasteiger partial charge on any atom is 0.328 e. The SMILES string of the molecule is CCN(Cc1cccnc1)C(=O)Cn1c(=O)[nH]c2cnc(-c3ccccc3)nc21. The smallest absolute Gasteiger partial charge is 0.328 e. The molecule has 0 unspecified atom stereocenters. The van der Waals surface area contributed by atoms with Crippen molar-refractivity contribution in [3.63, 3.8) is 0 Å². The van der Waals surface area contributed by atoms with E-state index in [4.69, 9.17) is 0 Å². The number of rotatable bonds is 6. The summed E-state index contributed by atoms with van der Waals surface area (Å²) in [4.78, 5) is 42.7. The van der Waals surface area contributed by atoms with Gasteiger partial charge in [-0.05, 0) is 18.6 Å². The van der Waals surface area contributed by atoms with E-state index in [2.05, 4.69) is 19.9 Å². The highest BCUT2D eigenvalue weighted by molar-refractivity contribution is 5.79. The number of aromatic amines is 1. The number of nitrogens with zero attached hydrogens (tertiary/aromatic N) is 5. The number of benzene rings is 1. The first kappa shape index (κ1) is 18.5. The van der Waals surface area contributed by atoms with E-state index in [1.54, 1.807) is 23.5 Å². The topological polar surface area (TPSA) is 96.8 Å². The highest BCUT2D eigenvalue weighted by atomic mass is 16.2. The van der Waals surface area contributed by atoms with E-state index < -0.39 is 0 Å². The van der Waals surface area contributed by atoms with Crippen molar-refractivity contribution in [3.8, 4) is 11.4 Å². The second kappa shape index (κ2) is 8.05. The van der Waals surface area contributed by atoms with Crippen LogP contribution in [0, 0.1) is 0 Å². The zero-order valence-corrected chi connectivity index (χ0v) is 15.9. The Bertz CT molecular complexity index is 1180. The molecule has 0 aliphatic rings. The van der Waals surface area contributed by atoms with Gasteiger partial charge in [0.2, 0.25) is 5.91 Å². The number of hydrogen-bond acceptors (Lipinski definition) is 5. The molecule has 3 aromatic heterocycles. The summed E-state index contributed by atoms with van der Waals surface area (Å²) in [6, 6.07) is 13.2. The average molecular weight is 388 g/mol. The van der Waals surface area contributed by atoms with Gasteiger partial charge in [0.1, 0.15) is 12.1 Å². The molecule has 0 bridgehead atoms. The van der Waals surface area contributed by atoms with E-state index in [9.17, 15) is 9.59 Å². The third-order valence-corrected chi connectivity index (χ3v) is 4.67. The number of amides is 1. The summed E-state index contributed by atoms with van der Waals surface area (Å²) in [6.45, 7) is 2.76. The van der Waals surface area contributed by atoms with Gasteiger partial charge in [-0.15, -0.1) is 0 Å². The van der Waals surface area contributed by atoms with Gasteiger partial charge in [0.25, 0.3) is 0 Å². The number of H-pyrrole nitrogens is 1. The van der Waals surface area contributed by atoms with Crippen LogP contribution in [0.5, 0.6) is 0 Å². The molecule has 8 nitrogen and oxygen atoms in total. The first-order valence-corrected chi connectivity index (χ1v) is 9.33. The van der Waals surface area contributed by atoms with Crippen LogP contribution in [0.1, 0.15) is 12.5 Å². The Kier molecular flexibility index (Phi) is 5.15. The standard InChI is InChI=1S/C21H20N6O2/c1-2-26(13-15-7-6-10-22-11-15)18(28)14-27-20-17(24-21(27)29)12-23-19(25-20)16-8-4-3-5-9-16/h3-12H,2,13-14H2,1H3,(H,24,29). The molecule has 1 aromatic carbocycles. The third-order valence-electron chi connectivity index (χ3n) is 4.67. The van der Waals surface area contributed by atoms with Crippen molar-refractivity contribution < 1.29 is 4.79 Å². The molecule has 0 atom stereocenters. The molecule has 0 aliphatic carbocycles. The minimum absolute atomic E-state index is 0.0990. The second-order valence-corrected chi connectivity index (χ2v) is 6.58. The Hall–Kier alpha value is -3.81. The quantitative estimate of drug-likeness (QED) is 0.546. The average Bonchev–Trinajstić information content (AvgIpc) is 3.07. The predicted octanol–water partition coefficient (Wildman–Crippen LogP) is 2.23. The van der Waals surface area contributed by atoms with E-state index in [-0.39, 0.29) is 18.1 Å². The molecule has 4 aromatic rings. The van der Waals surface area contributed by atoms with E-state index >= 15 is 0 Å². The molecule has 0 saturated heterocycles. The fourth-order valence-corrected chi connectivity index (χ4v) is 3.14. The highest BCUT2D eigenvalue weighted by Gasteiger charge is 2.18. The molecule has 0 aliphatic heterocycles. The normalized spacial score (nSPS) is 10.9. The Morgan fingerprint density at radius 2 is 1.97 bits per heavy atom. The molecule has 0 spiro atoms. The highest BCUT2D eigenvalue weighted by Crippen LogP contribution is 2.16. The summed E-state index contributed by atoms with van der Waals surface area (Å²) in [5.74, 6) is 0.334. The number of likely N-dealkylation sites (N-methyl/N-ethyl adjacent to an activating group) is 1. The fourth-order valence-electron chi connectivity index (χ4n) is 3.14. The minimum Gasteiger partial charge on any atom is -0.337 e. The van der Waals surface area contributed by atoms with Crippen LogP contribution < -0.4 is 5.69 Å². The van der Waals surface area contributed by atoms with Crippen molar-refractivity contribution in [3.05, 3.63) is 77.1 Å². The summed E-state index contributed by atoms with van der Waals surface area (Å²) >= 11 is 0. The number of fused-ring (bicyclic) bond motifs is 1. The van der Waals surface area contributed by atoms with Gasteiger partial charge in [0, 0.05) is 31.0 Å². The summed E-state index contributed by atoms with van der Waals surface area (Å²) < 4.78 is 1.36. The maximum atomic E-state index is 12.9. The molecule has 29 heavy (non-hydrogen) atoms. The molecule has 3 heterocycles. The van der Waals surface area contributed by atoms with Crippen LogP contribution in [0.25, 0.3) is 22.6 Å². The number of pyridine rings is 1. The second-order valence-electron chi connectivity index (χ2n) is 6.58. The first-order valence-electron chi connectivity index (χ1n) is 9.33. The zero-order chi connectivity index (χ0) is 20.2. The number of imidazole rings is 1. The van der Waals surface area contributed by atoms with Crippen LogP contribution in [0.3, 0.4) is 0 Å². The first-order chi connectivity index (χ1) is 14.2. The van der Waals surface area contributed by atoms with Gasteiger partial charge in [0.15, 0.2) is 11.5 Å². The maximum absolute atomic E-state index is 12.9. The van der Waals surface area contributed by atoms with Crippen LogP contribution in [-0.2, 0) is 17.9 Å². The summed E-state index contributed by atoms with van der Waals surface area (Å²) in [5, 5.41) is 0. The van der Waals surface area contributed by atoms with Crippen LogP contribution in [0.2, 0.25) is 0 Å². The van der Waals surface area contributed by atoms with Crippen LogP contribution in [0.15, 0.2) is 65.8 Å². The molecule has 0 saturated carbocycles. The third kappa shape index (κ3) is 3.91. The number of carbonyl (C=O) groups excluding carboxylic acids is 1. The van der Waals surface area contributed by atoms with Crippen LogP contribution in [-0.4, -0.2) is 41.9 Å². The number of hydrogen-bond donors (Lipinski definition) is 1. The van der Waals surface area contributed by atoms with Crippen molar-refractivity contribution in [2.45, 2.75) is 20.0 Å². The van der Waals surface area contributed by atoms with Gasteiger partial charge >= 0.3 is 5.69 Å². The van der Waals surface area contributed by atoms with Crippen LogP contribution in [0.4, 0.5) is 0 Å². The van der Waals surface area contributed by atoms with Gasteiger partial charge in [0.05, 0.1) is 6.20 Å². The number of carbonyl (C=O) groups is 1. The molecule has 1 amide bonds. The van der Waals surface area contributed by atoms with E-state index in [1.165, 1.54) is 4.57 Å². The van der Waals surface area contributed by atoms with Crippen molar-refractivity contribution in [1.29, 1.82) is 0 Å². The number of nitrogens with one attached hydrogen (secondary N) is 1. The Morgan fingerprint density at radius 1 is 1.14 bits per heavy atom. The zero-order valence-electron chi connectivity index (χ0n) is 15.9. The predicted molar refractivity (Wildman–Crippen MR) is 109 cm³/mol. The van der Waals surface area contributed by atoms with Gasteiger partial charge in [-0.3, -0.25) is 14.3 Å². The monoisotopic (exact) mass is 388 g/mol.